The van der Waals surface area contributed by atoms with Gasteiger partial charge in [-0.15, -0.1) is 0 Å². The van der Waals surface area contributed by atoms with Gasteiger partial charge in [-0.2, -0.15) is 0 Å². The normalized spacial score (nSPS) is 14.5. The van der Waals surface area contributed by atoms with E-state index in [1.165, 1.54) is 5.06 Å². The summed E-state index contributed by atoms with van der Waals surface area (Å²) in [5.41, 5.74) is 0. The molecule has 0 spiro atoms. The van der Waals surface area contributed by atoms with E-state index in [2.05, 4.69) is 27.7 Å². The molecule has 29 heavy (non-hydrogen) atoms. The Morgan fingerprint density at radius 1 is 0.759 bits per heavy atom. The number of ether oxygens (including phenoxy) is 3. The van der Waals surface area contributed by atoms with E-state index in [0.29, 0.717) is 32.8 Å². The van der Waals surface area contributed by atoms with Gasteiger partial charge in [-0.1, -0.05) is 53.4 Å². The summed E-state index contributed by atoms with van der Waals surface area (Å²) in [6.45, 7) is 10.6. The Labute approximate surface area is 178 Å². The molecule has 1 N–H and O–H groups in total. The molecule has 0 aliphatic rings. The molecule has 0 saturated carbocycles. The van der Waals surface area contributed by atoms with Gasteiger partial charge in [-0.05, 0) is 25.7 Å². The van der Waals surface area contributed by atoms with Gasteiger partial charge in [0.05, 0.1) is 19.8 Å². The van der Waals surface area contributed by atoms with Crippen LogP contribution in [-0.4, -0.2) is 74.5 Å². The third-order valence-electron chi connectivity index (χ3n) is 4.61. The van der Waals surface area contributed by atoms with Crippen LogP contribution >= 0.6 is 0 Å². The molecule has 0 saturated heterocycles. The Morgan fingerprint density at radius 2 is 1.24 bits per heavy atom. The van der Waals surface area contributed by atoms with Crippen molar-refractivity contribution in [3.05, 3.63) is 0 Å². The van der Waals surface area contributed by atoms with Gasteiger partial charge in [0.25, 0.3) is 0 Å². The van der Waals surface area contributed by atoms with Crippen LogP contribution in [0.25, 0.3) is 0 Å². The van der Waals surface area contributed by atoms with E-state index in [-0.39, 0.29) is 13.2 Å². The van der Waals surface area contributed by atoms with Gasteiger partial charge in [0.1, 0.15) is 18.3 Å². The van der Waals surface area contributed by atoms with Crippen molar-refractivity contribution in [2.45, 2.75) is 97.4 Å². The summed E-state index contributed by atoms with van der Waals surface area (Å²) in [5.74, 6) is 0. The minimum Gasteiger partial charge on any atom is -0.394 e. The standard InChI is InChI=1S/C22H45NO6/c1-5-9-13-26-20(17-23(19-25)29-16-12-8-4)22(28-15-11-7-3)21(18-24)27-14-10-6-2/h19-22,24H,5-18H2,1-4H3/t20-,21+,22-/m0/s1. The fourth-order valence-corrected chi connectivity index (χ4v) is 2.71. The lowest BCUT2D eigenvalue weighted by Gasteiger charge is -2.34. The number of carbonyl (C=O) groups is 1. The quantitative estimate of drug-likeness (QED) is 0.164. The zero-order valence-corrected chi connectivity index (χ0v) is 19.1. The van der Waals surface area contributed by atoms with Crippen molar-refractivity contribution in [1.29, 1.82) is 0 Å². The van der Waals surface area contributed by atoms with Crippen LogP contribution < -0.4 is 0 Å². The molecule has 0 heterocycles. The highest BCUT2D eigenvalue weighted by Crippen LogP contribution is 2.16. The number of hydrogen-bond donors (Lipinski definition) is 1. The average Bonchev–Trinajstić information content (AvgIpc) is 2.73. The summed E-state index contributed by atoms with van der Waals surface area (Å²) in [4.78, 5) is 17.1. The van der Waals surface area contributed by atoms with E-state index in [4.69, 9.17) is 19.0 Å². The minimum absolute atomic E-state index is 0.161. The second-order valence-corrected chi connectivity index (χ2v) is 7.29. The molecule has 3 atom stereocenters. The van der Waals surface area contributed by atoms with E-state index in [9.17, 15) is 9.90 Å². The van der Waals surface area contributed by atoms with Gasteiger partial charge in [0.2, 0.25) is 6.41 Å². The third-order valence-corrected chi connectivity index (χ3v) is 4.61. The SMILES string of the molecule is CCCCO[C@@H]([C@H](CN(C=O)OCCCC)OCCCC)[C@@H](CO)OCCCC. The van der Waals surface area contributed by atoms with Crippen molar-refractivity contribution in [1.82, 2.24) is 5.06 Å². The van der Waals surface area contributed by atoms with Crippen LogP contribution in [0.15, 0.2) is 0 Å². The van der Waals surface area contributed by atoms with Gasteiger partial charge in [-0.3, -0.25) is 9.63 Å². The summed E-state index contributed by atoms with van der Waals surface area (Å²) < 4.78 is 18.2. The molecule has 7 nitrogen and oxygen atoms in total. The lowest BCUT2D eigenvalue weighted by molar-refractivity contribution is -0.203. The smallest absolute Gasteiger partial charge is 0.233 e. The zero-order chi connectivity index (χ0) is 21.7. The Morgan fingerprint density at radius 3 is 1.72 bits per heavy atom. The Hall–Kier alpha value is -0.730. The molecule has 0 radical (unpaired) electrons. The second kappa shape index (κ2) is 20.5. The van der Waals surface area contributed by atoms with Crippen LogP contribution in [0.1, 0.15) is 79.1 Å². The van der Waals surface area contributed by atoms with Crippen LogP contribution in [0.2, 0.25) is 0 Å². The fourth-order valence-electron chi connectivity index (χ4n) is 2.71. The lowest BCUT2D eigenvalue weighted by Crippen LogP contribution is -2.50. The molecule has 0 aliphatic heterocycles. The van der Waals surface area contributed by atoms with Crippen LogP contribution in [-0.2, 0) is 23.8 Å². The molecule has 0 fully saturated rings. The molecule has 0 unspecified atom stereocenters. The van der Waals surface area contributed by atoms with E-state index in [1.807, 2.05) is 0 Å². The second-order valence-electron chi connectivity index (χ2n) is 7.29. The number of carbonyl (C=O) groups excluding carboxylic acids is 1. The van der Waals surface area contributed by atoms with Crippen LogP contribution in [0.4, 0.5) is 0 Å². The molecule has 7 heteroatoms. The minimum atomic E-state index is -0.505. The zero-order valence-electron chi connectivity index (χ0n) is 19.1. The van der Waals surface area contributed by atoms with E-state index in [1.54, 1.807) is 0 Å². The van der Waals surface area contributed by atoms with Crippen molar-refractivity contribution in [3.63, 3.8) is 0 Å². The highest BCUT2D eigenvalue weighted by Gasteiger charge is 2.33. The summed E-state index contributed by atoms with van der Waals surface area (Å²) in [6, 6.07) is 0. The van der Waals surface area contributed by atoms with Gasteiger partial charge >= 0.3 is 0 Å². The largest absolute Gasteiger partial charge is 0.394 e. The number of nitrogens with zero attached hydrogens (tertiary/aromatic N) is 1. The number of unbranched alkanes of at least 4 members (excludes halogenated alkanes) is 4. The molecule has 0 aliphatic carbocycles. The maximum Gasteiger partial charge on any atom is 0.233 e. The monoisotopic (exact) mass is 419 g/mol. The molecule has 0 aromatic carbocycles. The first-order valence-corrected chi connectivity index (χ1v) is 11.5. The fraction of sp³-hybridized carbons (Fsp3) is 0.955. The Bertz CT molecular complexity index is 358. The number of rotatable bonds is 22. The first kappa shape index (κ1) is 28.3. The molecular formula is C22H45NO6. The van der Waals surface area contributed by atoms with Crippen molar-refractivity contribution in [2.24, 2.45) is 0 Å². The van der Waals surface area contributed by atoms with Crippen LogP contribution in [0.5, 0.6) is 0 Å². The van der Waals surface area contributed by atoms with Crippen molar-refractivity contribution >= 4 is 6.41 Å². The molecule has 0 aromatic rings. The van der Waals surface area contributed by atoms with Gasteiger partial charge in [0.15, 0.2) is 0 Å². The van der Waals surface area contributed by atoms with E-state index < -0.39 is 18.3 Å². The van der Waals surface area contributed by atoms with Crippen molar-refractivity contribution < 1.29 is 28.9 Å². The van der Waals surface area contributed by atoms with Gasteiger partial charge < -0.3 is 19.3 Å². The predicted octanol–water partition coefficient (Wildman–Crippen LogP) is 3.72. The van der Waals surface area contributed by atoms with Gasteiger partial charge in [0, 0.05) is 19.8 Å². The molecule has 0 aromatic heterocycles. The maximum atomic E-state index is 11.5. The highest BCUT2D eigenvalue weighted by atomic mass is 16.7. The predicted molar refractivity (Wildman–Crippen MR) is 115 cm³/mol. The number of aliphatic hydroxyl groups excluding tert-OH is 1. The van der Waals surface area contributed by atoms with E-state index >= 15 is 0 Å². The molecule has 174 valence electrons. The summed E-state index contributed by atoms with van der Waals surface area (Å²) in [5, 5.41) is 11.2. The first-order chi connectivity index (χ1) is 14.2. The summed E-state index contributed by atoms with van der Waals surface area (Å²) >= 11 is 0. The lowest BCUT2D eigenvalue weighted by atomic mass is 10.1. The van der Waals surface area contributed by atoms with Crippen LogP contribution in [0.3, 0.4) is 0 Å². The number of aliphatic hydroxyl groups is 1. The topological polar surface area (TPSA) is 77.5 Å². The average molecular weight is 420 g/mol. The van der Waals surface area contributed by atoms with Crippen LogP contribution in [0, 0.1) is 0 Å². The van der Waals surface area contributed by atoms with Crippen molar-refractivity contribution in [2.75, 3.05) is 39.6 Å². The Balaban J connectivity index is 5.26. The maximum absolute atomic E-state index is 11.5. The number of hydroxylamine groups is 2. The summed E-state index contributed by atoms with van der Waals surface area (Å²) in [7, 11) is 0. The number of hydrogen-bond acceptors (Lipinski definition) is 6. The Kier molecular flexibility index (Phi) is 20.0. The van der Waals surface area contributed by atoms with E-state index in [0.717, 1.165) is 51.4 Å². The highest BCUT2D eigenvalue weighted by molar-refractivity contribution is 5.45. The number of amides is 1. The first-order valence-electron chi connectivity index (χ1n) is 11.5. The molecule has 0 bridgehead atoms. The third kappa shape index (κ3) is 14.0. The summed E-state index contributed by atoms with van der Waals surface area (Å²) in [6.07, 6.45) is 6.90. The molecule has 1 amide bonds. The van der Waals surface area contributed by atoms with Crippen molar-refractivity contribution in [3.8, 4) is 0 Å². The molecular weight excluding hydrogens is 374 g/mol. The molecule has 0 rings (SSSR count). The van der Waals surface area contributed by atoms with Gasteiger partial charge in [-0.25, -0.2) is 5.06 Å².